The van der Waals surface area contributed by atoms with Gasteiger partial charge in [-0.15, -0.1) is 0 Å². The Morgan fingerprint density at radius 2 is 2.07 bits per heavy atom. The minimum absolute atomic E-state index is 0.549. The van der Waals surface area contributed by atoms with Gasteiger partial charge in [0.25, 0.3) is 0 Å². The summed E-state index contributed by atoms with van der Waals surface area (Å²) in [6.07, 6.45) is 2.99. The molecule has 0 bridgehead atoms. The van der Waals surface area contributed by atoms with Gasteiger partial charge >= 0.3 is 5.97 Å². The molecule has 1 rings (SSSR count). The average molecular weight is 191 g/mol. The van der Waals surface area contributed by atoms with Gasteiger partial charge in [-0.1, -0.05) is 18.2 Å². The number of anilines is 1. The summed E-state index contributed by atoms with van der Waals surface area (Å²) in [5, 5.41) is 10.9. The van der Waals surface area contributed by atoms with Crippen LogP contribution in [0.1, 0.15) is 5.56 Å². The molecule has 0 heterocycles. The molecule has 4 heteroatoms. The number of carbonyl (C=O) groups is 2. The highest BCUT2D eigenvalue weighted by atomic mass is 16.4. The molecule has 0 spiro atoms. The largest absolute Gasteiger partial charge is 0.478 e. The van der Waals surface area contributed by atoms with Crippen LogP contribution in [0.5, 0.6) is 0 Å². The van der Waals surface area contributed by atoms with Crippen molar-refractivity contribution in [3.63, 3.8) is 0 Å². The summed E-state index contributed by atoms with van der Waals surface area (Å²) in [6, 6.07) is 6.92. The second-order valence-corrected chi connectivity index (χ2v) is 2.52. The van der Waals surface area contributed by atoms with Crippen LogP contribution >= 0.6 is 0 Å². The maximum absolute atomic E-state index is 10.3. The van der Waals surface area contributed by atoms with Crippen molar-refractivity contribution >= 4 is 24.1 Å². The van der Waals surface area contributed by atoms with Gasteiger partial charge in [0.05, 0.1) is 0 Å². The molecule has 2 N–H and O–H groups in total. The van der Waals surface area contributed by atoms with Gasteiger partial charge in [-0.3, -0.25) is 4.79 Å². The highest BCUT2D eigenvalue weighted by Crippen LogP contribution is 2.15. The summed E-state index contributed by atoms with van der Waals surface area (Å²) in [6.45, 7) is 0. The van der Waals surface area contributed by atoms with Crippen LogP contribution in [0, 0.1) is 0 Å². The quantitative estimate of drug-likeness (QED) is 0.557. The van der Waals surface area contributed by atoms with Gasteiger partial charge in [0.15, 0.2) is 0 Å². The molecule has 0 aromatic heterocycles. The van der Waals surface area contributed by atoms with E-state index in [9.17, 15) is 9.59 Å². The highest BCUT2D eigenvalue weighted by Gasteiger charge is 1.96. The van der Waals surface area contributed by atoms with Crippen molar-refractivity contribution in [2.45, 2.75) is 0 Å². The molecule has 14 heavy (non-hydrogen) atoms. The number of carbonyl (C=O) groups excluding carboxylic acids is 1. The molecule has 0 aliphatic heterocycles. The molecule has 4 nitrogen and oxygen atoms in total. The van der Waals surface area contributed by atoms with Crippen LogP contribution in [0.4, 0.5) is 5.69 Å². The fraction of sp³-hybridized carbons (Fsp3) is 0. The molecule has 1 amide bonds. The monoisotopic (exact) mass is 191 g/mol. The molecule has 1 aromatic rings. The van der Waals surface area contributed by atoms with Crippen LogP contribution in [0.3, 0.4) is 0 Å². The Labute approximate surface area is 80.9 Å². The molecule has 0 unspecified atom stereocenters. The number of benzene rings is 1. The van der Waals surface area contributed by atoms with E-state index in [1.807, 2.05) is 0 Å². The second kappa shape index (κ2) is 4.81. The summed E-state index contributed by atoms with van der Waals surface area (Å²) >= 11 is 0. The van der Waals surface area contributed by atoms with E-state index in [-0.39, 0.29) is 0 Å². The number of rotatable bonds is 4. The van der Waals surface area contributed by atoms with E-state index in [2.05, 4.69) is 5.32 Å². The van der Waals surface area contributed by atoms with E-state index >= 15 is 0 Å². The van der Waals surface area contributed by atoms with Crippen molar-refractivity contribution in [1.82, 2.24) is 0 Å². The van der Waals surface area contributed by atoms with E-state index in [0.717, 1.165) is 6.08 Å². The van der Waals surface area contributed by atoms with Crippen LogP contribution in [0.15, 0.2) is 30.3 Å². The number of amides is 1. The molecule has 0 saturated carbocycles. The standard InChI is InChI=1S/C10H9NO3/c12-7-11-9-4-2-1-3-8(9)5-6-10(13)14/h1-7H,(H,11,12)(H,13,14)/b6-5+. The summed E-state index contributed by atoms with van der Waals surface area (Å²) in [5.41, 5.74) is 1.24. The predicted molar refractivity (Wildman–Crippen MR) is 52.8 cm³/mol. The van der Waals surface area contributed by atoms with Gasteiger partial charge in [0.2, 0.25) is 6.41 Å². The molecule has 0 aliphatic rings. The zero-order valence-corrected chi connectivity index (χ0v) is 7.31. The van der Waals surface area contributed by atoms with Crippen LogP contribution in [0.2, 0.25) is 0 Å². The van der Waals surface area contributed by atoms with Crippen LogP contribution in [-0.4, -0.2) is 17.5 Å². The summed E-state index contributed by atoms with van der Waals surface area (Å²) in [5.74, 6) is -1.02. The predicted octanol–water partition coefficient (Wildman–Crippen LogP) is 1.35. The van der Waals surface area contributed by atoms with Gasteiger partial charge in [0.1, 0.15) is 0 Å². The number of carboxylic acids is 1. The summed E-state index contributed by atoms with van der Waals surface area (Å²) < 4.78 is 0. The van der Waals surface area contributed by atoms with Gasteiger partial charge < -0.3 is 10.4 Å². The minimum Gasteiger partial charge on any atom is -0.478 e. The fourth-order valence-corrected chi connectivity index (χ4v) is 0.998. The van der Waals surface area contributed by atoms with E-state index in [1.54, 1.807) is 24.3 Å². The Kier molecular flexibility index (Phi) is 3.43. The second-order valence-electron chi connectivity index (χ2n) is 2.52. The lowest BCUT2D eigenvalue weighted by atomic mass is 10.1. The Morgan fingerprint density at radius 1 is 1.36 bits per heavy atom. The van der Waals surface area contributed by atoms with Crippen molar-refractivity contribution in [1.29, 1.82) is 0 Å². The zero-order valence-electron chi connectivity index (χ0n) is 7.31. The normalized spacial score (nSPS) is 10.0. The maximum Gasteiger partial charge on any atom is 0.328 e. The van der Waals surface area contributed by atoms with Gasteiger partial charge in [-0.2, -0.15) is 0 Å². The molecular weight excluding hydrogens is 182 g/mol. The molecule has 1 aromatic carbocycles. The zero-order chi connectivity index (χ0) is 10.4. The van der Waals surface area contributed by atoms with Crippen molar-refractivity contribution in [2.75, 3.05) is 5.32 Å². The van der Waals surface area contributed by atoms with Crippen LogP contribution in [-0.2, 0) is 9.59 Å². The van der Waals surface area contributed by atoms with Crippen molar-refractivity contribution < 1.29 is 14.7 Å². The molecule has 0 fully saturated rings. The minimum atomic E-state index is -1.02. The van der Waals surface area contributed by atoms with Crippen LogP contribution in [0.25, 0.3) is 6.08 Å². The lowest BCUT2D eigenvalue weighted by Gasteiger charge is -2.02. The van der Waals surface area contributed by atoms with Gasteiger partial charge in [0, 0.05) is 11.8 Å². The molecule has 0 radical (unpaired) electrons. The summed E-state index contributed by atoms with van der Waals surface area (Å²) in [4.78, 5) is 20.5. The SMILES string of the molecule is O=CNc1ccccc1/C=C/C(=O)O. The first-order valence-electron chi connectivity index (χ1n) is 3.94. The third-order valence-corrected chi connectivity index (χ3v) is 1.58. The van der Waals surface area contributed by atoms with Crippen molar-refractivity contribution in [3.8, 4) is 0 Å². The highest BCUT2D eigenvalue weighted by molar-refractivity contribution is 5.88. The molecular formula is C10H9NO3. The molecule has 0 aliphatic carbocycles. The Bertz CT molecular complexity index is 371. The summed E-state index contributed by atoms with van der Waals surface area (Å²) in [7, 11) is 0. The Hall–Kier alpha value is -2.10. The van der Waals surface area contributed by atoms with Crippen molar-refractivity contribution in [3.05, 3.63) is 35.9 Å². The maximum atomic E-state index is 10.3. The first-order valence-corrected chi connectivity index (χ1v) is 3.94. The number of carboxylic acid groups (broad SMARTS) is 1. The number of hydrogen-bond donors (Lipinski definition) is 2. The van der Waals surface area contributed by atoms with Gasteiger partial charge in [-0.25, -0.2) is 4.79 Å². The first-order chi connectivity index (χ1) is 6.74. The topological polar surface area (TPSA) is 66.4 Å². The fourth-order valence-electron chi connectivity index (χ4n) is 0.998. The average Bonchev–Trinajstić information content (AvgIpc) is 2.17. The number of nitrogens with one attached hydrogen (secondary N) is 1. The molecule has 0 saturated heterocycles. The van der Waals surface area contributed by atoms with E-state index in [1.165, 1.54) is 6.08 Å². The van der Waals surface area contributed by atoms with Crippen molar-refractivity contribution in [2.24, 2.45) is 0 Å². The lowest BCUT2D eigenvalue weighted by molar-refractivity contribution is -0.131. The Morgan fingerprint density at radius 3 is 2.71 bits per heavy atom. The van der Waals surface area contributed by atoms with Gasteiger partial charge in [-0.05, 0) is 17.7 Å². The third-order valence-electron chi connectivity index (χ3n) is 1.58. The lowest BCUT2D eigenvalue weighted by Crippen LogP contribution is -1.96. The molecule has 0 atom stereocenters. The van der Waals surface area contributed by atoms with Crippen LogP contribution < -0.4 is 5.32 Å². The third kappa shape index (κ3) is 2.75. The van der Waals surface area contributed by atoms with E-state index < -0.39 is 5.97 Å². The molecule has 72 valence electrons. The smallest absolute Gasteiger partial charge is 0.328 e. The first kappa shape index (κ1) is 9.98. The van der Waals surface area contributed by atoms with E-state index in [4.69, 9.17) is 5.11 Å². The van der Waals surface area contributed by atoms with E-state index in [0.29, 0.717) is 17.7 Å². The number of hydrogen-bond acceptors (Lipinski definition) is 2. The Balaban J connectivity index is 2.94. The number of aliphatic carboxylic acids is 1. The number of para-hydroxylation sites is 1.